The minimum Gasteiger partial charge on any atom is -0.493 e. The van der Waals surface area contributed by atoms with Crippen molar-refractivity contribution < 1.29 is 9.47 Å². The number of hydrogen-bond donors (Lipinski definition) is 1. The van der Waals surface area contributed by atoms with Crippen molar-refractivity contribution in [1.82, 2.24) is 19.7 Å². The zero-order valence-corrected chi connectivity index (χ0v) is 15.8. The molecule has 0 saturated carbocycles. The van der Waals surface area contributed by atoms with Gasteiger partial charge in [-0.25, -0.2) is 0 Å². The molecule has 0 radical (unpaired) electrons. The summed E-state index contributed by atoms with van der Waals surface area (Å²) in [5.74, 6) is 1.23. The van der Waals surface area contributed by atoms with Gasteiger partial charge in [0.15, 0.2) is 11.5 Å². The van der Waals surface area contributed by atoms with Gasteiger partial charge < -0.3 is 14.5 Å². The average Bonchev–Trinajstić information content (AvgIpc) is 2.93. The van der Waals surface area contributed by atoms with Crippen molar-refractivity contribution in [2.24, 2.45) is 7.05 Å². The molecule has 0 atom stereocenters. The summed E-state index contributed by atoms with van der Waals surface area (Å²) in [5, 5.41) is 5.17. The van der Waals surface area contributed by atoms with E-state index in [-0.39, 0.29) is 5.56 Å². The van der Waals surface area contributed by atoms with Gasteiger partial charge in [-0.15, -0.1) is 0 Å². The van der Waals surface area contributed by atoms with E-state index < -0.39 is 0 Å². The molecular formula is C19H24N4O3. The van der Waals surface area contributed by atoms with Crippen LogP contribution in [0.5, 0.6) is 11.5 Å². The van der Waals surface area contributed by atoms with Crippen molar-refractivity contribution in [3.8, 4) is 11.5 Å². The van der Waals surface area contributed by atoms with E-state index in [1.54, 1.807) is 20.3 Å². The predicted molar refractivity (Wildman–Crippen MR) is 101 cm³/mol. The predicted octanol–water partition coefficient (Wildman–Crippen LogP) is 2.22. The molecular weight excluding hydrogens is 332 g/mol. The number of nitrogens with zero attached hydrogens (tertiary/aromatic N) is 3. The molecule has 0 aliphatic rings. The Bertz CT molecular complexity index is 990. The fraction of sp³-hybridized carbons (Fsp3) is 0.368. The highest BCUT2D eigenvalue weighted by Gasteiger charge is 2.12. The first-order valence-electron chi connectivity index (χ1n) is 8.37. The zero-order valence-electron chi connectivity index (χ0n) is 15.8. The van der Waals surface area contributed by atoms with E-state index in [0.29, 0.717) is 23.6 Å². The molecule has 7 nitrogen and oxygen atoms in total. The van der Waals surface area contributed by atoms with Gasteiger partial charge in [-0.2, -0.15) is 5.10 Å². The van der Waals surface area contributed by atoms with E-state index in [1.807, 2.05) is 44.0 Å². The summed E-state index contributed by atoms with van der Waals surface area (Å²) < 4.78 is 12.5. The fourth-order valence-electron chi connectivity index (χ4n) is 3.03. The zero-order chi connectivity index (χ0) is 18.8. The molecule has 2 heterocycles. The fourth-order valence-corrected chi connectivity index (χ4v) is 3.03. The van der Waals surface area contributed by atoms with Gasteiger partial charge in [0.1, 0.15) is 0 Å². The van der Waals surface area contributed by atoms with Crippen molar-refractivity contribution in [3.63, 3.8) is 0 Å². The van der Waals surface area contributed by atoms with Crippen LogP contribution in [0.4, 0.5) is 0 Å². The Labute approximate surface area is 152 Å². The lowest BCUT2D eigenvalue weighted by Crippen LogP contribution is -2.23. The summed E-state index contributed by atoms with van der Waals surface area (Å²) in [6.45, 7) is 3.30. The molecule has 0 bridgehead atoms. The normalized spacial score (nSPS) is 11.3. The molecule has 7 heteroatoms. The minimum atomic E-state index is -0.0977. The van der Waals surface area contributed by atoms with Crippen molar-refractivity contribution in [3.05, 3.63) is 51.6 Å². The van der Waals surface area contributed by atoms with Gasteiger partial charge in [0, 0.05) is 48.4 Å². The molecule has 0 saturated heterocycles. The van der Waals surface area contributed by atoms with Gasteiger partial charge >= 0.3 is 0 Å². The van der Waals surface area contributed by atoms with Crippen LogP contribution < -0.4 is 15.0 Å². The lowest BCUT2D eigenvalue weighted by molar-refractivity contribution is 0.317. The van der Waals surface area contributed by atoms with Gasteiger partial charge in [0.05, 0.1) is 25.9 Å². The number of rotatable bonds is 6. The summed E-state index contributed by atoms with van der Waals surface area (Å²) in [7, 11) is 7.09. The number of aromatic amines is 1. The number of fused-ring (bicyclic) bond motifs is 1. The Morgan fingerprint density at radius 1 is 1.12 bits per heavy atom. The molecule has 26 heavy (non-hydrogen) atoms. The molecule has 0 unspecified atom stereocenters. The summed E-state index contributed by atoms with van der Waals surface area (Å²) in [6, 6.07) is 5.56. The van der Waals surface area contributed by atoms with Crippen LogP contribution in [0.2, 0.25) is 0 Å². The molecule has 0 aliphatic carbocycles. The Morgan fingerprint density at radius 2 is 1.77 bits per heavy atom. The maximum Gasteiger partial charge on any atom is 0.252 e. The molecule has 0 aliphatic heterocycles. The molecule has 1 N–H and O–H groups in total. The second-order valence-corrected chi connectivity index (χ2v) is 6.47. The first kappa shape index (κ1) is 18.0. The molecule has 2 aromatic heterocycles. The van der Waals surface area contributed by atoms with Crippen LogP contribution in [-0.4, -0.2) is 40.9 Å². The number of hydrogen-bond acceptors (Lipinski definition) is 5. The SMILES string of the molecule is COc1cc2cc(CN(C)Cc3cnn(C)c3C)c(=O)[nH]c2cc1OC. The van der Waals surface area contributed by atoms with E-state index in [4.69, 9.17) is 9.47 Å². The number of aryl methyl sites for hydroxylation is 1. The van der Waals surface area contributed by atoms with Crippen molar-refractivity contribution in [1.29, 1.82) is 0 Å². The maximum atomic E-state index is 12.5. The van der Waals surface area contributed by atoms with E-state index in [9.17, 15) is 4.79 Å². The van der Waals surface area contributed by atoms with Crippen LogP contribution in [0.1, 0.15) is 16.8 Å². The topological polar surface area (TPSA) is 72.4 Å². The van der Waals surface area contributed by atoms with Crippen LogP contribution in [-0.2, 0) is 20.1 Å². The Balaban J connectivity index is 1.88. The van der Waals surface area contributed by atoms with Crippen LogP contribution in [0.15, 0.2) is 29.2 Å². The van der Waals surface area contributed by atoms with E-state index in [1.165, 1.54) is 0 Å². The number of aromatic nitrogens is 3. The smallest absolute Gasteiger partial charge is 0.252 e. The van der Waals surface area contributed by atoms with Crippen LogP contribution >= 0.6 is 0 Å². The number of methoxy groups -OCH3 is 2. The van der Waals surface area contributed by atoms with Crippen molar-refractivity contribution in [2.45, 2.75) is 20.0 Å². The van der Waals surface area contributed by atoms with E-state index in [2.05, 4.69) is 15.0 Å². The van der Waals surface area contributed by atoms with Gasteiger partial charge in [-0.05, 0) is 26.1 Å². The summed E-state index contributed by atoms with van der Waals surface area (Å²) >= 11 is 0. The first-order valence-corrected chi connectivity index (χ1v) is 8.37. The first-order chi connectivity index (χ1) is 12.4. The summed E-state index contributed by atoms with van der Waals surface area (Å²) in [5.41, 5.74) is 3.61. The number of ether oxygens (including phenoxy) is 2. The number of nitrogens with one attached hydrogen (secondary N) is 1. The average molecular weight is 356 g/mol. The third-order valence-electron chi connectivity index (χ3n) is 4.64. The van der Waals surface area contributed by atoms with Gasteiger partial charge in [0.25, 0.3) is 5.56 Å². The standard InChI is InChI=1S/C19H24N4O3/c1-12-15(9-20-23(12)3)11-22(2)10-14-6-13-7-17(25-4)18(26-5)8-16(13)21-19(14)24/h6-9H,10-11H2,1-5H3,(H,21,24). The molecule has 138 valence electrons. The molecule has 3 rings (SSSR count). The van der Waals surface area contributed by atoms with Crippen LogP contribution in [0.3, 0.4) is 0 Å². The third kappa shape index (κ3) is 3.43. The van der Waals surface area contributed by atoms with Gasteiger partial charge in [-0.3, -0.25) is 14.4 Å². The molecule has 0 amide bonds. The minimum absolute atomic E-state index is 0.0977. The molecule has 1 aromatic carbocycles. The Morgan fingerprint density at radius 3 is 2.38 bits per heavy atom. The summed E-state index contributed by atoms with van der Waals surface area (Å²) in [6.07, 6.45) is 1.87. The van der Waals surface area contributed by atoms with Crippen molar-refractivity contribution in [2.75, 3.05) is 21.3 Å². The monoisotopic (exact) mass is 356 g/mol. The summed E-state index contributed by atoms with van der Waals surface area (Å²) in [4.78, 5) is 17.5. The second-order valence-electron chi connectivity index (χ2n) is 6.47. The highest BCUT2D eigenvalue weighted by molar-refractivity contribution is 5.83. The van der Waals surface area contributed by atoms with Crippen LogP contribution in [0.25, 0.3) is 10.9 Å². The molecule has 0 fully saturated rings. The highest BCUT2D eigenvalue weighted by Crippen LogP contribution is 2.31. The lowest BCUT2D eigenvalue weighted by atomic mass is 10.1. The molecule has 3 aromatic rings. The van der Waals surface area contributed by atoms with Crippen molar-refractivity contribution >= 4 is 10.9 Å². The van der Waals surface area contributed by atoms with Gasteiger partial charge in [-0.1, -0.05) is 0 Å². The van der Waals surface area contributed by atoms with E-state index >= 15 is 0 Å². The Kier molecular flexibility index (Phi) is 4.99. The largest absolute Gasteiger partial charge is 0.493 e. The molecule has 0 spiro atoms. The Hall–Kier alpha value is -2.80. The number of H-pyrrole nitrogens is 1. The maximum absolute atomic E-state index is 12.5. The van der Waals surface area contributed by atoms with Crippen LogP contribution in [0, 0.1) is 6.92 Å². The van der Waals surface area contributed by atoms with E-state index in [0.717, 1.165) is 28.7 Å². The highest BCUT2D eigenvalue weighted by atomic mass is 16.5. The quantitative estimate of drug-likeness (QED) is 0.733. The number of benzene rings is 1. The second kappa shape index (κ2) is 7.21. The van der Waals surface area contributed by atoms with Gasteiger partial charge in [0.2, 0.25) is 0 Å². The lowest BCUT2D eigenvalue weighted by Gasteiger charge is -2.16. The third-order valence-corrected chi connectivity index (χ3v) is 4.64. The number of pyridine rings is 1.